The molecule has 0 rings (SSSR count). The molecule has 0 fully saturated rings. The second-order valence-electron chi connectivity index (χ2n) is 4.36. The Morgan fingerprint density at radius 1 is 1.20 bits per heavy atom. The topological polar surface area (TPSA) is 56.5 Å². The van der Waals surface area contributed by atoms with Gasteiger partial charge in [-0.2, -0.15) is 0 Å². The van der Waals surface area contributed by atoms with Gasteiger partial charge in [0.1, 0.15) is 0 Å². The summed E-state index contributed by atoms with van der Waals surface area (Å²) in [5.74, 6) is 0.652. The molecule has 3 N–H and O–H groups in total. The number of nitrogens with one attached hydrogen (secondary N) is 1. The Kier molecular flexibility index (Phi) is 9.00. The molecule has 0 aromatic heterocycles. The Hall–Kier alpha value is -0.160. The lowest BCUT2D eigenvalue weighted by Crippen LogP contribution is -2.40. The highest BCUT2D eigenvalue weighted by Gasteiger charge is 2.08. The summed E-state index contributed by atoms with van der Waals surface area (Å²) in [6.07, 6.45) is 1.16. The molecule has 0 aliphatic heterocycles. The fraction of sp³-hybridized carbons (Fsp3) is 1.00. The third-order valence-corrected chi connectivity index (χ3v) is 2.24. The number of nitrogens with two attached hydrogens (primary N) is 1. The van der Waals surface area contributed by atoms with Gasteiger partial charge >= 0.3 is 0 Å². The predicted octanol–water partition coefficient (Wildman–Crippen LogP) is 0.611. The van der Waals surface area contributed by atoms with Crippen LogP contribution in [0.4, 0.5) is 0 Å². The van der Waals surface area contributed by atoms with E-state index in [9.17, 15) is 0 Å². The maximum absolute atomic E-state index is 5.94. The van der Waals surface area contributed by atoms with Gasteiger partial charge in [0.2, 0.25) is 0 Å². The monoisotopic (exact) mass is 218 g/mol. The van der Waals surface area contributed by atoms with Gasteiger partial charge in [-0.3, -0.25) is 0 Å². The van der Waals surface area contributed by atoms with Gasteiger partial charge in [0.05, 0.1) is 12.7 Å². The van der Waals surface area contributed by atoms with Gasteiger partial charge in [-0.15, -0.1) is 0 Å². The molecule has 15 heavy (non-hydrogen) atoms. The molecule has 0 aliphatic rings. The lowest BCUT2D eigenvalue weighted by molar-refractivity contribution is 0.0288. The molecule has 2 unspecified atom stereocenters. The van der Waals surface area contributed by atoms with E-state index in [-0.39, 0.29) is 12.1 Å². The molecule has 0 saturated heterocycles. The summed E-state index contributed by atoms with van der Waals surface area (Å²) in [4.78, 5) is 0. The summed E-state index contributed by atoms with van der Waals surface area (Å²) in [6, 6.07) is 0.227. The molecule has 0 bridgehead atoms. The summed E-state index contributed by atoms with van der Waals surface area (Å²) >= 11 is 0. The minimum absolute atomic E-state index is 0.112. The molecule has 0 aromatic rings. The van der Waals surface area contributed by atoms with E-state index in [4.69, 9.17) is 15.2 Å². The molecule has 4 heteroatoms. The number of hydrogen-bond donors (Lipinski definition) is 2. The third kappa shape index (κ3) is 8.81. The maximum atomic E-state index is 5.94. The summed E-state index contributed by atoms with van der Waals surface area (Å²) in [5.41, 5.74) is 5.94. The molecule has 0 heterocycles. The lowest BCUT2D eigenvalue weighted by Gasteiger charge is -2.18. The van der Waals surface area contributed by atoms with Crippen molar-refractivity contribution in [3.63, 3.8) is 0 Å². The second-order valence-corrected chi connectivity index (χ2v) is 4.36. The SMILES string of the molecule is COCC(CNCC(N)CC(C)C)OC. The Morgan fingerprint density at radius 2 is 1.87 bits per heavy atom. The Morgan fingerprint density at radius 3 is 2.33 bits per heavy atom. The average Bonchev–Trinajstić information content (AvgIpc) is 2.15. The molecular formula is C11H26N2O2. The fourth-order valence-electron chi connectivity index (χ4n) is 1.51. The van der Waals surface area contributed by atoms with Crippen molar-refractivity contribution < 1.29 is 9.47 Å². The zero-order valence-electron chi connectivity index (χ0n) is 10.5. The van der Waals surface area contributed by atoms with Crippen LogP contribution in [-0.4, -0.2) is 46.1 Å². The van der Waals surface area contributed by atoms with Crippen LogP contribution >= 0.6 is 0 Å². The van der Waals surface area contributed by atoms with Crippen molar-refractivity contribution in [3.05, 3.63) is 0 Å². The number of hydrogen-bond acceptors (Lipinski definition) is 4. The van der Waals surface area contributed by atoms with Gasteiger partial charge < -0.3 is 20.5 Å². The Labute approximate surface area is 93.5 Å². The van der Waals surface area contributed by atoms with Crippen molar-refractivity contribution in [2.24, 2.45) is 11.7 Å². The molecule has 4 nitrogen and oxygen atoms in total. The maximum Gasteiger partial charge on any atom is 0.0928 e. The molecule has 92 valence electrons. The van der Waals surface area contributed by atoms with E-state index in [2.05, 4.69) is 19.2 Å². The minimum Gasteiger partial charge on any atom is -0.382 e. The van der Waals surface area contributed by atoms with Crippen molar-refractivity contribution in [3.8, 4) is 0 Å². The first-order valence-corrected chi connectivity index (χ1v) is 5.58. The highest BCUT2D eigenvalue weighted by Crippen LogP contribution is 2.01. The summed E-state index contributed by atoms with van der Waals surface area (Å²) in [6.45, 7) is 6.60. The summed E-state index contributed by atoms with van der Waals surface area (Å²) in [7, 11) is 3.37. The minimum atomic E-state index is 0.112. The van der Waals surface area contributed by atoms with Gasteiger partial charge in [-0.05, 0) is 12.3 Å². The van der Waals surface area contributed by atoms with E-state index in [1.165, 1.54) is 0 Å². The first-order valence-electron chi connectivity index (χ1n) is 5.58. The summed E-state index contributed by atoms with van der Waals surface area (Å²) in [5, 5.41) is 3.30. The van der Waals surface area contributed by atoms with Crippen molar-refractivity contribution in [1.29, 1.82) is 0 Å². The molecule has 0 radical (unpaired) electrons. The van der Waals surface area contributed by atoms with E-state index in [0.29, 0.717) is 12.5 Å². The van der Waals surface area contributed by atoms with Crippen LogP contribution in [0.15, 0.2) is 0 Å². The van der Waals surface area contributed by atoms with Gasteiger partial charge in [-0.25, -0.2) is 0 Å². The van der Waals surface area contributed by atoms with Crippen LogP contribution in [0.1, 0.15) is 20.3 Å². The number of ether oxygens (including phenoxy) is 2. The zero-order chi connectivity index (χ0) is 11.7. The number of methoxy groups -OCH3 is 2. The van der Waals surface area contributed by atoms with Crippen molar-refractivity contribution in [2.75, 3.05) is 33.9 Å². The van der Waals surface area contributed by atoms with Crippen LogP contribution in [0.25, 0.3) is 0 Å². The third-order valence-electron chi connectivity index (χ3n) is 2.24. The van der Waals surface area contributed by atoms with E-state index in [1.54, 1.807) is 14.2 Å². The smallest absolute Gasteiger partial charge is 0.0928 e. The van der Waals surface area contributed by atoms with Crippen molar-refractivity contribution >= 4 is 0 Å². The molecular weight excluding hydrogens is 192 g/mol. The first kappa shape index (κ1) is 14.8. The largest absolute Gasteiger partial charge is 0.382 e. The zero-order valence-corrected chi connectivity index (χ0v) is 10.5. The van der Waals surface area contributed by atoms with Gasteiger partial charge in [0, 0.05) is 33.4 Å². The molecule has 2 atom stereocenters. The van der Waals surface area contributed by atoms with Crippen LogP contribution < -0.4 is 11.1 Å². The van der Waals surface area contributed by atoms with Gasteiger partial charge in [0.25, 0.3) is 0 Å². The van der Waals surface area contributed by atoms with Gasteiger partial charge in [-0.1, -0.05) is 13.8 Å². The van der Waals surface area contributed by atoms with Crippen LogP contribution in [0.3, 0.4) is 0 Å². The molecule has 0 aromatic carbocycles. The summed E-state index contributed by atoms with van der Waals surface area (Å²) < 4.78 is 10.2. The molecule has 0 aliphatic carbocycles. The predicted molar refractivity (Wildman–Crippen MR) is 63.0 cm³/mol. The van der Waals surface area contributed by atoms with E-state index in [1.807, 2.05) is 0 Å². The lowest BCUT2D eigenvalue weighted by atomic mass is 10.0. The highest BCUT2D eigenvalue weighted by atomic mass is 16.5. The average molecular weight is 218 g/mol. The quantitative estimate of drug-likeness (QED) is 0.595. The van der Waals surface area contributed by atoms with Crippen LogP contribution in [0.5, 0.6) is 0 Å². The Balaban J connectivity index is 3.49. The molecule has 0 amide bonds. The fourth-order valence-corrected chi connectivity index (χ4v) is 1.51. The second kappa shape index (κ2) is 9.09. The van der Waals surface area contributed by atoms with E-state index >= 15 is 0 Å². The van der Waals surface area contributed by atoms with Crippen molar-refractivity contribution in [1.82, 2.24) is 5.32 Å². The first-order chi connectivity index (χ1) is 7.10. The molecule has 0 spiro atoms. The van der Waals surface area contributed by atoms with E-state index < -0.39 is 0 Å². The normalized spacial score (nSPS) is 15.6. The van der Waals surface area contributed by atoms with E-state index in [0.717, 1.165) is 19.5 Å². The standard InChI is InChI=1S/C11H26N2O2/c1-9(2)5-10(12)6-13-7-11(15-4)8-14-3/h9-11,13H,5-8,12H2,1-4H3. The van der Waals surface area contributed by atoms with Crippen molar-refractivity contribution in [2.45, 2.75) is 32.4 Å². The molecule has 0 saturated carbocycles. The van der Waals surface area contributed by atoms with Crippen LogP contribution in [0.2, 0.25) is 0 Å². The van der Waals surface area contributed by atoms with Gasteiger partial charge in [0.15, 0.2) is 0 Å². The van der Waals surface area contributed by atoms with Crippen LogP contribution in [0, 0.1) is 5.92 Å². The van der Waals surface area contributed by atoms with Crippen LogP contribution in [-0.2, 0) is 9.47 Å². The number of rotatable bonds is 9. The Bertz CT molecular complexity index is 143. The highest BCUT2D eigenvalue weighted by molar-refractivity contribution is 4.68.